The fraction of sp³-hybridized carbons (Fsp3) is 0.250. The molecule has 79 heavy (non-hydrogen) atoms. The molecule has 3 aliphatic rings. The minimum absolute atomic E-state index is 0.0397. The minimum Gasteiger partial charge on any atom is -0.496 e. The molecule has 0 saturated heterocycles. The second-order valence-corrected chi connectivity index (χ2v) is 20.9. The highest BCUT2D eigenvalue weighted by molar-refractivity contribution is 6.11. The molecule has 0 aromatic heterocycles. The zero-order valence-corrected chi connectivity index (χ0v) is 45.4. The smallest absolute Gasteiger partial charge is 0.178 e. The molecule has 7 nitrogen and oxygen atoms in total. The fourth-order valence-corrected chi connectivity index (χ4v) is 12.1. The molecule has 1 heterocycles. The summed E-state index contributed by atoms with van der Waals surface area (Å²) < 4.78 is 37.7. The summed E-state index contributed by atoms with van der Waals surface area (Å²) >= 11 is 0. The van der Waals surface area contributed by atoms with E-state index in [0.717, 1.165) is 74.9 Å². The van der Waals surface area contributed by atoms with Gasteiger partial charge in [-0.2, -0.15) is 0 Å². The number of hydrogen-bond donors (Lipinski definition) is 1. The number of aryl methyl sites for hydroxylation is 1. The number of fused-ring (bicyclic) bond motifs is 10. The summed E-state index contributed by atoms with van der Waals surface area (Å²) in [4.78, 5) is 0. The van der Waals surface area contributed by atoms with Crippen LogP contribution in [-0.4, -0.2) is 45.8 Å². The third kappa shape index (κ3) is 11.5. The van der Waals surface area contributed by atoms with E-state index in [1.165, 1.54) is 22.3 Å². The van der Waals surface area contributed by atoms with Gasteiger partial charge in [-0.1, -0.05) is 94.4 Å². The van der Waals surface area contributed by atoms with Gasteiger partial charge >= 0.3 is 0 Å². The van der Waals surface area contributed by atoms with E-state index in [1.54, 1.807) is 14.2 Å². The van der Waals surface area contributed by atoms with Crippen LogP contribution in [0.2, 0.25) is 0 Å². The van der Waals surface area contributed by atoms with E-state index in [1.807, 2.05) is 48.5 Å². The van der Waals surface area contributed by atoms with E-state index in [2.05, 4.69) is 202 Å². The molecule has 0 radical (unpaired) electrons. The molecule has 6 aromatic rings. The third-order valence-corrected chi connectivity index (χ3v) is 14.2. The normalized spacial score (nSPS) is 15.5. The summed E-state index contributed by atoms with van der Waals surface area (Å²) in [5.41, 5.74) is 9.62. The first-order chi connectivity index (χ1) is 38.4. The van der Waals surface area contributed by atoms with Crippen molar-refractivity contribution in [3.8, 4) is 158 Å². The number of terminal acetylenes is 1. The molecule has 1 N–H and O–H groups in total. The zero-order valence-electron chi connectivity index (χ0n) is 45.4. The molecule has 0 amide bonds. The van der Waals surface area contributed by atoms with Gasteiger partial charge < -0.3 is 33.5 Å². The molecule has 0 bridgehead atoms. The second-order valence-electron chi connectivity index (χ2n) is 20.9. The van der Waals surface area contributed by atoms with Crippen molar-refractivity contribution in [3.63, 3.8) is 0 Å². The number of aliphatic hydroxyl groups is 1. The highest BCUT2D eigenvalue weighted by atomic mass is 16.5. The summed E-state index contributed by atoms with van der Waals surface area (Å²) in [7, 11) is 3.44. The van der Waals surface area contributed by atoms with E-state index in [-0.39, 0.29) is 42.7 Å². The van der Waals surface area contributed by atoms with Gasteiger partial charge in [0.2, 0.25) is 0 Å². The molecule has 9 rings (SSSR count). The molecule has 1 atom stereocenters. The first-order valence-electron chi connectivity index (χ1n) is 25.9. The van der Waals surface area contributed by atoms with Crippen LogP contribution in [0.3, 0.4) is 0 Å². The lowest BCUT2D eigenvalue weighted by Crippen LogP contribution is -2.44. The lowest BCUT2D eigenvalue weighted by Gasteiger charge is -2.52. The van der Waals surface area contributed by atoms with Gasteiger partial charge in [-0.05, 0) is 166 Å². The average Bonchev–Trinajstić information content (AvgIpc) is 2.28. The van der Waals surface area contributed by atoms with Crippen molar-refractivity contribution in [2.24, 2.45) is 10.8 Å². The summed E-state index contributed by atoms with van der Waals surface area (Å²) in [6.07, 6.45) is 15.2. The minimum atomic E-state index is -1.12. The SMILES string of the molecule is C#CC#CC#CC#CC#CC#CC#CC#CC#COCCOc1ccc(C2(c3ccc(OCCO)cc3)C=Cc3c4c(c5cc(-c6ccc(C)cc6OC)c(OC)cc5c3O2)-c2ccccc2C42CC(C)(C)CC(C)(C)C2)cc1. The summed E-state index contributed by atoms with van der Waals surface area (Å²) in [5, 5.41) is 11.6. The Morgan fingerprint density at radius 3 is 1.71 bits per heavy atom. The fourth-order valence-electron chi connectivity index (χ4n) is 12.1. The Balaban J connectivity index is 1.07. The standard InChI is InChI=1S/C72H56O7/c1-9-10-11-12-13-14-15-16-17-18-19-20-21-22-23-26-42-76-44-45-78-56-36-32-54(33-37-56)72(53-30-34-55(35-31-53)77-43-41-73)40-39-59-67-66(58-27-24-25-28-63(58)71(67)50-69(3,4)49-70(5,6)51-71)61-47-60(57-38-29-52(2)46-64(57)74-7)65(75-8)48-62(61)68(59)79-72/h1,24-25,27-40,46-48,73H,41,43-45,49-51H2,2-8H3. The average molecular weight is 1030 g/mol. The van der Waals surface area contributed by atoms with Crippen LogP contribution in [0.15, 0.2) is 109 Å². The van der Waals surface area contributed by atoms with Crippen molar-refractivity contribution in [3.05, 3.63) is 143 Å². The number of ether oxygens (including phenoxy) is 6. The molecule has 386 valence electrons. The molecule has 1 spiro atoms. The molecule has 1 fully saturated rings. The van der Waals surface area contributed by atoms with Crippen molar-refractivity contribution >= 4 is 16.8 Å². The topological polar surface area (TPSA) is 75.6 Å². The molecular weight excluding hydrogens is 977 g/mol. The van der Waals surface area contributed by atoms with Gasteiger partial charge in [0.25, 0.3) is 0 Å². The van der Waals surface area contributed by atoms with E-state index in [4.69, 9.17) is 34.8 Å². The Labute approximate surface area is 465 Å². The lowest BCUT2D eigenvalue weighted by molar-refractivity contribution is 0.0642. The molecule has 2 aliphatic carbocycles. The van der Waals surface area contributed by atoms with E-state index in [0.29, 0.717) is 17.2 Å². The van der Waals surface area contributed by atoms with Gasteiger partial charge in [-0.3, -0.25) is 0 Å². The molecular formula is C72H56O7. The van der Waals surface area contributed by atoms with E-state index >= 15 is 0 Å². The Kier molecular flexibility index (Phi) is 16.1. The maximum Gasteiger partial charge on any atom is 0.178 e. The van der Waals surface area contributed by atoms with Crippen LogP contribution < -0.4 is 23.7 Å². The van der Waals surface area contributed by atoms with Gasteiger partial charge in [0.15, 0.2) is 5.60 Å². The Bertz CT molecular complexity index is 3980. The van der Waals surface area contributed by atoms with Crippen molar-refractivity contribution in [2.45, 2.75) is 64.9 Å². The van der Waals surface area contributed by atoms with Crippen LogP contribution >= 0.6 is 0 Å². The Morgan fingerprint density at radius 1 is 0.570 bits per heavy atom. The zero-order chi connectivity index (χ0) is 55.5. The van der Waals surface area contributed by atoms with Crippen molar-refractivity contribution in [1.29, 1.82) is 0 Å². The van der Waals surface area contributed by atoms with Crippen molar-refractivity contribution in [1.82, 2.24) is 0 Å². The predicted octanol–water partition coefficient (Wildman–Crippen LogP) is 12.1. The van der Waals surface area contributed by atoms with Crippen molar-refractivity contribution in [2.75, 3.05) is 40.6 Å². The maximum atomic E-state index is 9.58. The first-order valence-corrected chi connectivity index (χ1v) is 25.9. The second kappa shape index (κ2) is 23.6. The van der Waals surface area contributed by atoms with Gasteiger partial charge in [0.05, 0.1) is 20.8 Å². The quantitative estimate of drug-likeness (QED) is 0.0967. The van der Waals surface area contributed by atoms with Crippen LogP contribution in [0.1, 0.15) is 80.3 Å². The third-order valence-electron chi connectivity index (χ3n) is 14.2. The maximum absolute atomic E-state index is 9.58. The van der Waals surface area contributed by atoms with Crippen LogP contribution in [-0.2, 0) is 15.8 Å². The number of benzene rings is 6. The summed E-state index contributed by atoms with van der Waals surface area (Å²) in [6.45, 7) is 12.3. The van der Waals surface area contributed by atoms with Gasteiger partial charge in [0.1, 0.15) is 54.7 Å². The van der Waals surface area contributed by atoms with Crippen LogP contribution in [0, 0.1) is 125 Å². The summed E-state index contributed by atoms with van der Waals surface area (Å²) in [5.74, 6) is 43.8. The van der Waals surface area contributed by atoms with Crippen LogP contribution in [0.4, 0.5) is 0 Å². The lowest BCUT2D eigenvalue weighted by atomic mass is 9.52. The highest BCUT2D eigenvalue weighted by Gasteiger charge is 2.55. The first kappa shape index (κ1) is 53.9. The van der Waals surface area contributed by atoms with E-state index in [9.17, 15) is 5.11 Å². The molecule has 7 heteroatoms. The van der Waals surface area contributed by atoms with Gasteiger partial charge in [-0.25, -0.2) is 0 Å². The number of methoxy groups -OCH3 is 2. The highest BCUT2D eigenvalue weighted by Crippen LogP contribution is 2.67. The Hall–Kier alpha value is -9.88. The number of rotatable bonds is 12. The van der Waals surface area contributed by atoms with Gasteiger partial charge in [0, 0.05) is 86.0 Å². The predicted molar refractivity (Wildman–Crippen MR) is 313 cm³/mol. The summed E-state index contributed by atoms with van der Waals surface area (Å²) in [6, 6.07) is 35.7. The van der Waals surface area contributed by atoms with Gasteiger partial charge in [-0.15, -0.1) is 6.42 Å². The number of aliphatic hydroxyl groups excluding tert-OH is 1. The monoisotopic (exact) mass is 1030 g/mol. The molecule has 6 aromatic carbocycles. The van der Waals surface area contributed by atoms with Crippen LogP contribution in [0.5, 0.6) is 28.7 Å². The number of hydrogen-bond acceptors (Lipinski definition) is 7. The van der Waals surface area contributed by atoms with Crippen molar-refractivity contribution < 1.29 is 33.5 Å². The Morgan fingerprint density at radius 2 is 1.13 bits per heavy atom. The largest absolute Gasteiger partial charge is 0.496 e. The van der Waals surface area contributed by atoms with Crippen LogP contribution in [0.25, 0.3) is 39.1 Å². The molecule has 1 aliphatic heterocycles. The molecule has 1 unspecified atom stereocenters. The van der Waals surface area contributed by atoms with E-state index < -0.39 is 5.60 Å². The molecule has 1 saturated carbocycles.